The molecule has 4 aromatic rings. The van der Waals surface area contributed by atoms with Crippen molar-refractivity contribution in [3.63, 3.8) is 0 Å². The first-order chi connectivity index (χ1) is 9.83. The molecule has 0 aliphatic rings. The maximum Gasteiger partial charge on any atom is 0.336 e. The van der Waals surface area contributed by atoms with Crippen molar-refractivity contribution in [1.29, 1.82) is 0 Å². The Labute approximate surface area is 118 Å². The van der Waals surface area contributed by atoms with E-state index in [4.69, 9.17) is 4.42 Å². The first kappa shape index (κ1) is 11.4. The van der Waals surface area contributed by atoms with Crippen LogP contribution in [0.4, 0.5) is 0 Å². The maximum atomic E-state index is 11.9. The molecule has 0 saturated heterocycles. The normalized spacial score (nSPS) is 11.2. The van der Waals surface area contributed by atoms with E-state index in [0.717, 1.165) is 21.0 Å². The van der Waals surface area contributed by atoms with E-state index in [1.165, 1.54) is 4.70 Å². The van der Waals surface area contributed by atoms with Crippen LogP contribution in [-0.2, 0) is 0 Å². The lowest BCUT2D eigenvalue weighted by Gasteiger charge is -2.00. The van der Waals surface area contributed by atoms with Crippen molar-refractivity contribution in [2.75, 3.05) is 0 Å². The summed E-state index contributed by atoms with van der Waals surface area (Å²) in [7, 11) is 0. The largest absolute Gasteiger partial charge is 0.421 e. The van der Waals surface area contributed by atoms with Gasteiger partial charge >= 0.3 is 5.63 Å². The Kier molecular flexibility index (Phi) is 2.47. The molecule has 0 aliphatic heterocycles. The maximum absolute atomic E-state index is 11.9. The van der Waals surface area contributed by atoms with Gasteiger partial charge in [0.05, 0.1) is 4.70 Å². The molecule has 0 bridgehead atoms. The molecule has 2 aromatic heterocycles. The zero-order chi connectivity index (χ0) is 13.5. The molecule has 0 radical (unpaired) electrons. The van der Waals surface area contributed by atoms with Gasteiger partial charge < -0.3 is 4.42 Å². The van der Waals surface area contributed by atoms with Gasteiger partial charge in [0.2, 0.25) is 0 Å². The topological polar surface area (TPSA) is 30.2 Å². The summed E-state index contributed by atoms with van der Waals surface area (Å²) in [6.45, 7) is 0. The Morgan fingerprint density at radius 2 is 1.60 bits per heavy atom. The minimum Gasteiger partial charge on any atom is -0.421 e. The second-order valence-electron chi connectivity index (χ2n) is 4.60. The van der Waals surface area contributed by atoms with Crippen molar-refractivity contribution < 1.29 is 4.42 Å². The third kappa shape index (κ3) is 1.67. The van der Waals surface area contributed by atoms with E-state index in [0.29, 0.717) is 5.76 Å². The number of rotatable bonds is 1. The highest BCUT2D eigenvalue weighted by atomic mass is 32.1. The highest BCUT2D eigenvalue weighted by molar-refractivity contribution is 7.26. The van der Waals surface area contributed by atoms with Crippen LogP contribution in [0.3, 0.4) is 0 Å². The number of fused-ring (bicyclic) bond motifs is 3. The van der Waals surface area contributed by atoms with Crippen molar-refractivity contribution in [2.24, 2.45) is 0 Å². The van der Waals surface area contributed by atoms with Gasteiger partial charge in [-0.15, -0.1) is 11.3 Å². The lowest BCUT2D eigenvalue weighted by atomic mass is 10.1. The molecule has 4 rings (SSSR count). The quantitative estimate of drug-likeness (QED) is 0.506. The van der Waals surface area contributed by atoms with Gasteiger partial charge in [-0.25, -0.2) is 4.79 Å². The van der Waals surface area contributed by atoms with E-state index >= 15 is 0 Å². The molecule has 0 atom stereocenters. The second-order valence-corrected chi connectivity index (χ2v) is 5.65. The monoisotopic (exact) mass is 278 g/mol. The molecule has 2 aromatic carbocycles. The SMILES string of the molecule is O=c1cc2c(sc3ccccc32)c(-c2ccccc2)o1. The van der Waals surface area contributed by atoms with Crippen molar-refractivity contribution >= 4 is 31.5 Å². The van der Waals surface area contributed by atoms with E-state index in [9.17, 15) is 4.79 Å². The van der Waals surface area contributed by atoms with Crippen molar-refractivity contribution in [3.05, 3.63) is 71.1 Å². The van der Waals surface area contributed by atoms with Gasteiger partial charge in [-0.1, -0.05) is 48.5 Å². The summed E-state index contributed by atoms with van der Waals surface area (Å²) in [6, 6.07) is 19.5. The summed E-state index contributed by atoms with van der Waals surface area (Å²) in [5.41, 5.74) is 0.627. The summed E-state index contributed by atoms with van der Waals surface area (Å²) in [6.07, 6.45) is 0. The average molecular weight is 278 g/mol. The van der Waals surface area contributed by atoms with Gasteiger partial charge in [-0.3, -0.25) is 0 Å². The molecule has 0 unspecified atom stereocenters. The van der Waals surface area contributed by atoms with E-state index < -0.39 is 0 Å². The highest BCUT2D eigenvalue weighted by Gasteiger charge is 2.13. The molecule has 20 heavy (non-hydrogen) atoms. The molecule has 96 valence electrons. The van der Waals surface area contributed by atoms with Crippen LogP contribution >= 0.6 is 11.3 Å². The van der Waals surface area contributed by atoms with E-state index in [1.807, 2.05) is 48.5 Å². The van der Waals surface area contributed by atoms with Crippen LogP contribution in [0.15, 0.2) is 69.9 Å². The van der Waals surface area contributed by atoms with Crippen molar-refractivity contribution in [1.82, 2.24) is 0 Å². The van der Waals surface area contributed by atoms with Crippen LogP contribution in [0.2, 0.25) is 0 Å². The van der Waals surface area contributed by atoms with Gasteiger partial charge in [-0.2, -0.15) is 0 Å². The van der Waals surface area contributed by atoms with Crippen LogP contribution in [-0.4, -0.2) is 0 Å². The Balaban J connectivity index is 2.19. The molecule has 0 fully saturated rings. The molecule has 2 nitrogen and oxygen atoms in total. The lowest BCUT2D eigenvalue weighted by molar-refractivity contribution is 0.533. The van der Waals surface area contributed by atoms with Gasteiger partial charge in [0.15, 0.2) is 5.76 Å². The summed E-state index contributed by atoms with van der Waals surface area (Å²) < 4.78 is 7.65. The Morgan fingerprint density at radius 3 is 2.45 bits per heavy atom. The second kappa shape index (κ2) is 4.32. The third-order valence-corrected chi connectivity index (χ3v) is 4.53. The first-order valence-electron chi connectivity index (χ1n) is 6.34. The number of thiophene rings is 1. The molecule has 0 N–H and O–H groups in total. The number of hydrogen-bond donors (Lipinski definition) is 0. The standard InChI is InChI=1S/C17H10O2S/c18-15-10-13-12-8-4-5-9-14(12)20-17(13)16(19-15)11-6-2-1-3-7-11/h1-10H. The van der Waals surface area contributed by atoms with Crippen LogP contribution < -0.4 is 5.63 Å². The highest BCUT2D eigenvalue weighted by Crippen LogP contribution is 2.38. The van der Waals surface area contributed by atoms with Gasteiger partial charge in [0.1, 0.15) is 0 Å². The van der Waals surface area contributed by atoms with E-state index in [-0.39, 0.29) is 5.63 Å². The fraction of sp³-hybridized carbons (Fsp3) is 0. The average Bonchev–Trinajstić information content (AvgIpc) is 2.86. The molecule has 0 aliphatic carbocycles. The summed E-state index contributed by atoms with van der Waals surface area (Å²) >= 11 is 1.66. The Hall–Kier alpha value is -2.39. The molecular formula is C17H10O2S. The molecule has 0 saturated carbocycles. The fourth-order valence-electron chi connectivity index (χ4n) is 2.45. The predicted molar refractivity (Wildman–Crippen MR) is 83.3 cm³/mol. The number of benzene rings is 2. The zero-order valence-electron chi connectivity index (χ0n) is 10.5. The zero-order valence-corrected chi connectivity index (χ0v) is 11.3. The summed E-state index contributed by atoms with van der Waals surface area (Å²) in [4.78, 5) is 11.9. The lowest BCUT2D eigenvalue weighted by Crippen LogP contribution is -1.96. The minimum absolute atomic E-state index is 0.306. The summed E-state index contributed by atoms with van der Waals surface area (Å²) in [5, 5.41) is 2.08. The molecule has 3 heteroatoms. The third-order valence-electron chi connectivity index (χ3n) is 3.34. The van der Waals surface area contributed by atoms with Gasteiger partial charge in [-0.05, 0) is 6.07 Å². The van der Waals surface area contributed by atoms with Crippen LogP contribution in [0, 0.1) is 0 Å². The van der Waals surface area contributed by atoms with Crippen LogP contribution in [0.1, 0.15) is 0 Å². The number of hydrogen-bond acceptors (Lipinski definition) is 3. The summed E-state index contributed by atoms with van der Waals surface area (Å²) in [5.74, 6) is 0.661. The van der Waals surface area contributed by atoms with E-state index in [2.05, 4.69) is 6.07 Å². The van der Waals surface area contributed by atoms with Crippen LogP contribution in [0.5, 0.6) is 0 Å². The predicted octanol–water partition coefficient (Wildman–Crippen LogP) is 4.67. The molecule has 2 heterocycles. The Bertz CT molecular complexity index is 965. The molecule has 0 spiro atoms. The molecule has 0 amide bonds. The van der Waals surface area contributed by atoms with Gasteiger partial charge in [0.25, 0.3) is 0 Å². The van der Waals surface area contributed by atoms with Crippen LogP contribution in [0.25, 0.3) is 31.5 Å². The fourth-order valence-corrected chi connectivity index (χ4v) is 3.64. The molecular weight excluding hydrogens is 268 g/mol. The van der Waals surface area contributed by atoms with E-state index in [1.54, 1.807) is 17.4 Å². The Morgan fingerprint density at radius 1 is 0.850 bits per heavy atom. The first-order valence-corrected chi connectivity index (χ1v) is 7.15. The van der Waals surface area contributed by atoms with Crippen molar-refractivity contribution in [3.8, 4) is 11.3 Å². The van der Waals surface area contributed by atoms with Gasteiger partial charge in [0, 0.05) is 27.1 Å². The van der Waals surface area contributed by atoms with Crippen molar-refractivity contribution in [2.45, 2.75) is 0 Å². The smallest absolute Gasteiger partial charge is 0.336 e. The minimum atomic E-state index is -0.306.